The van der Waals surface area contributed by atoms with E-state index < -0.39 is 0 Å². The summed E-state index contributed by atoms with van der Waals surface area (Å²) in [4.78, 5) is 4.31. The summed E-state index contributed by atoms with van der Waals surface area (Å²) in [5.41, 5.74) is 10.4. The van der Waals surface area contributed by atoms with Gasteiger partial charge in [0.1, 0.15) is 5.82 Å². The molecule has 5 heteroatoms. The molecule has 1 rings (SSSR count). The number of aromatic nitrogens is 1. The molecule has 190 valence electrons. The van der Waals surface area contributed by atoms with Crippen LogP contribution in [0.3, 0.4) is 0 Å². The smallest absolute Gasteiger partial charge is 0.126 e. The maximum Gasteiger partial charge on any atom is 0.126 e. The minimum atomic E-state index is 0.161. The molecule has 0 aromatic carbocycles. The summed E-state index contributed by atoms with van der Waals surface area (Å²) in [5.74, 6) is 2.85. The van der Waals surface area contributed by atoms with Gasteiger partial charge in [-0.1, -0.05) is 64.9 Å². The zero-order chi connectivity index (χ0) is 25.6. The molecule has 1 aromatic rings. The SMILES string of the molecule is CC(C)=CCC/C(C)=C/CC/C(C)=C/CC/C(C)=C/CSCC(C=S)Nc1ccccn1.CN. The van der Waals surface area contributed by atoms with Gasteiger partial charge in [0.15, 0.2) is 0 Å². The molecule has 0 spiro atoms. The van der Waals surface area contributed by atoms with Crippen LogP contribution in [0.5, 0.6) is 0 Å². The van der Waals surface area contributed by atoms with Crippen LogP contribution in [-0.2, 0) is 0 Å². The first-order chi connectivity index (χ1) is 16.4. The highest BCUT2D eigenvalue weighted by atomic mass is 32.2. The fraction of sp³-hybridized carbons (Fsp3) is 0.517. The van der Waals surface area contributed by atoms with Crippen molar-refractivity contribution in [3.63, 3.8) is 0 Å². The lowest BCUT2D eigenvalue weighted by Crippen LogP contribution is -2.23. The summed E-state index contributed by atoms with van der Waals surface area (Å²) >= 11 is 7.08. The minimum Gasteiger partial charge on any atom is -0.362 e. The topological polar surface area (TPSA) is 50.9 Å². The van der Waals surface area contributed by atoms with Gasteiger partial charge in [-0.05, 0) is 92.3 Å². The van der Waals surface area contributed by atoms with Crippen LogP contribution in [0, 0.1) is 0 Å². The number of hydrogen-bond acceptors (Lipinski definition) is 5. The summed E-state index contributed by atoms with van der Waals surface area (Å²) in [6.07, 6.45) is 18.2. The van der Waals surface area contributed by atoms with Crippen molar-refractivity contribution >= 4 is 35.2 Å². The second-order valence-electron chi connectivity index (χ2n) is 8.69. The highest BCUT2D eigenvalue weighted by Crippen LogP contribution is 2.15. The lowest BCUT2D eigenvalue weighted by Gasteiger charge is -2.13. The summed E-state index contributed by atoms with van der Waals surface area (Å²) in [6.45, 7) is 11.1. The molecule has 0 saturated heterocycles. The van der Waals surface area contributed by atoms with Crippen LogP contribution in [0.4, 0.5) is 5.82 Å². The van der Waals surface area contributed by atoms with E-state index >= 15 is 0 Å². The first-order valence-electron chi connectivity index (χ1n) is 12.3. The number of anilines is 1. The number of allylic oxidation sites excluding steroid dienone is 7. The molecule has 1 aromatic heterocycles. The predicted octanol–water partition coefficient (Wildman–Crippen LogP) is 8.32. The molecule has 0 radical (unpaired) electrons. The third-order valence-electron chi connectivity index (χ3n) is 5.16. The van der Waals surface area contributed by atoms with Gasteiger partial charge in [-0.3, -0.25) is 0 Å². The lowest BCUT2D eigenvalue weighted by atomic mass is 10.0. The van der Waals surface area contributed by atoms with Crippen molar-refractivity contribution in [2.24, 2.45) is 5.73 Å². The molecule has 3 N–H and O–H groups in total. The van der Waals surface area contributed by atoms with Gasteiger partial charge < -0.3 is 11.1 Å². The van der Waals surface area contributed by atoms with Gasteiger partial charge in [-0.2, -0.15) is 11.8 Å². The Hall–Kier alpha value is -1.69. The number of hydrogen-bond donors (Lipinski definition) is 2. The predicted molar refractivity (Wildman–Crippen MR) is 161 cm³/mol. The van der Waals surface area contributed by atoms with Crippen LogP contribution in [0.2, 0.25) is 0 Å². The van der Waals surface area contributed by atoms with Crippen molar-refractivity contribution in [1.82, 2.24) is 4.98 Å². The molecular weight excluding hydrogens is 454 g/mol. The minimum absolute atomic E-state index is 0.161. The summed E-state index contributed by atoms with van der Waals surface area (Å²) < 4.78 is 0. The van der Waals surface area contributed by atoms with Crippen LogP contribution in [-0.4, -0.2) is 34.9 Å². The molecule has 0 aliphatic carbocycles. The normalized spacial score (nSPS) is 13.0. The van der Waals surface area contributed by atoms with E-state index in [0.717, 1.165) is 43.0 Å². The number of nitrogens with one attached hydrogen (secondary N) is 1. The van der Waals surface area contributed by atoms with Gasteiger partial charge in [0, 0.05) is 23.1 Å². The molecular formula is C29H47N3S2. The Morgan fingerprint density at radius 1 is 0.912 bits per heavy atom. The van der Waals surface area contributed by atoms with Gasteiger partial charge in [-0.15, -0.1) is 0 Å². The van der Waals surface area contributed by atoms with E-state index in [-0.39, 0.29) is 6.04 Å². The fourth-order valence-corrected chi connectivity index (χ4v) is 4.39. The monoisotopic (exact) mass is 501 g/mol. The number of rotatable bonds is 16. The quantitative estimate of drug-likeness (QED) is 0.135. The van der Waals surface area contributed by atoms with Crippen LogP contribution in [0.15, 0.2) is 71.0 Å². The zero-order valence-electron chi connectivity index (χ0n) is 22.3. The third-order valence-corrected chi connectivity index (χ3v) is 6.49. The van der Waals surface area contributed by atoms with Crippen LogP contribution in [0.25, 0.3) is 0 Å². The molecule has 1 atom stereocenters. The van der Waals surface area contributed by atoms with E-state index in [1.165, 1.54) is 42.2 Å². The van der Waals surface area contributed by atoms with Crippen molar-refractivity contribution in [3.8, 4) is 0 Å². The highest BCUT2D eigenvalue weighted by molar-refractivity contribution is 7.99. The molecule has 34 heavy (non-hydrogen) atoms. The van der Waals surface area contributed by atoms with E-state index in [0.29, 0.717) is 0 Å². The molecule has 1 heterocycles. The van der Waals surface area contributed by atoms with E-state index in [4.69, 9.17) is 12.2 Å². The maximum atomic E-state index is 5.17. The molecule has 0 aliphatic rings. The van der Waals surface area contributed by atoms with E-state index in [9.17, 15) is 0 Å². The Labute approximate surface area is 219 Å². The van der Waals surface area contributed by atoms with Crippen molar-refractivity contribution < 1.29 is 0 Å². The molecule has 0 fully saturated rings. The van der Waals surface area contributed by atoms with E-state index in [2.05, 4.69) is 75.0 Å². The van der Waals surface area contributed by atoms with E-state index in [1.807, 2.05) is 30.0 Å². The summed E-state index contributed by atoms with van der Waals surface area (Å²) in [5, 5.41) is 5.17. The van der Waals surface area contributed by atoms with Gasteiger partial charge in [-0.25, -0.2) is 4.98 Å². The fourth-order valence-electron chi connectivity index (χ4n) is 3.14. The average Bonchev–Trinajstić information content (AvgIpc) is 2.82. The van der Waals surface area contributed by atoms with E-state index in [1.54, 1.807) is 11.6 Å². The molecule has 3 nitrogen and oxygen atoms in total. The van der Waals surface area contributed by atoms with Crippen molar-refractivity contribution in [1.29, 1.82) is 0 Å². The number of thioether (sulfide) groups is 1. The Morgan fingerprint density at radius 2 is 1.47 bits per heavy atom. The summed E-state index contributed by atoms with van der Waals surface area (Å²) in [6, 6.07) is 6.03. The lowest BCUT2D eigenvalue weighted by molar-refractivity contribution is 0.899. The standard InChI is InChI=1S/C28H42N2S2.CH5N/c1-23(2)11-8-12-24(3)13-9-14-25(4)15-10-16-26(5)18-20-32-22-27(21-31)30-28-17-6-7-19-29-28;1-2/h6-7,11,13,15,17-19,21,27H,8-10,12,14,16,20,22H2,1-5H3,(H,29,30);2H2,1H3/b24-13+,25-15+,26-18+;. The molecule has 0 saturated carbocycles. The Bertz CT molecular complexity index is 776. The first-order valence-corrected chi connectivity index (χ1v) is 13.9. The van der Waals surface area contributed by atoms with Crippen molar-refractivity contribution in [3.05, 3.63) is 71.0 Å². The second kappa shape index (κ2) is 21.8. The maximum absolute atomic E-state index is 5.17. The van der Waals surface area contributed by atoms with Gasteiger partial charge in [0.2, 0.25) is 0 Å². The number of pyridine rings is 1. The van der Waals surface area contributed by atoms with Crippen LogP contribution in [0.1, 0.15) is 73.1 Å². The first kappa shape index (κ1) is 32.3. The summed E-state index contributed by atoms with van der Waals surface area (Å²) in [7, 11) is 1.50. The Balaban J connectivity index is 0.00000529. The van der Waals surface area contributed by atoms with Crippen molar-refractivity contribution in [2.75, 3.05) is 23.9 Å². The Morgan fingerprint density at radius 3 is 1.97 bits per heavy atom. The average molecular weight is 502 g/mol. The van der Waals surface area contributed by atoms with Crippen LogP contribution >= 0.6 is 24.0 Å². The highest BCUT2D eigenvalue weighted by Gasteiger charge is 2.05. The van der Waals surface area contributed by atoms with Crippen molar-refractivity contribution in [2.45, 2.75) is 79.2 Å². The van der Waals surface area contributed by atoms with Gasteiger partial charge in [0.25, 0.3) is 0 Å². The molecule has 0 amide bonds. The zero-order valence-corrected chi connectivity index (χ0v) is 23.9. The second-order valence-corrected chi connectivity index (χ2v) is 10.0. The number of nitrogens with zero attached hydrogens (tertiary/aromatic N) is 1. The van der Waals surface area contributed by atoms with Crippen LogP contribution < -0.4 is 11.1 Å². The molecule has 0 bridgehead atoms. The van der Waals surface area contributed by atoms with Gasteiger partial charge in [0.05, 0.1) is 6.04 Å². The molecule has 0 aliphatic heterocycles. The molecule has 1 unspecified atom stereocenters. The number of thiocarbonyl (C=S) groups is 1. The largest absolute Gasteiger partial charge is 0.362 e. The third kappa shape index (κ3) is 18.7. The Kier molecular flexibility index (Phi) is 20.7. The van der Waals surface area contributed by atoms with Gasteiger partial charge >= 0.3 is 0 Å². The number of nitrogens with two attached hydrogens (primary N) is 1.